The van der Waals surface area contributed by atoms with Gasteiger partial charge in [0, 0.05) is 0 Å². The quantitative estimate of drug-likeness (QED) is 0.730. The minimum atomic E-state index is -0.542. The van der Waals surface area contributed by atoms with Crippen LogP contribution in [0.3, 0.4) is 0 Å². The lowest BCUT2D eigenvalue weighted by atomic mass is 9.76. The van der Waals surface area contributed by atoms with Gasteiger partial charge in [-0.1, -0.05) is 27.7 Å². The molecule has 2 aliphatic carbocycles. The summed E-state index contributed by atoms with van der Waals surface area (Å²) in [5.41, 5.74) is -0.542. The highest BCUT2D eigenvalue weighted by molar-refractivity contribution is 5.78. The molecule has 22 heavy (non-hydrogen) atoms. The topological polar surface area (TPSA) is 52.6 Å². The van der Waals surface area contributed by atoms with Crippen molar-refractivity contribution in [2.24, 2.45) is 35.5 Å². The molecule has 0 aromatic rings. The van der Waals surface area contributed by atoms with Crippen LogP contribution in [0.25, 0.3) is 0 Å². The number of hydrogen-bond acceptors (Lipinski definition) is 4. The summed E-state index contributed by atoms with van der Waals surface area (Å²) < 4.78 is 10.6. The Balaban J connectivity index is 1.81. The average molecular weight is 310 g/mol. The maximum absolute atomic E-state index is 12.3. The van der Waals surface area contributed by atoms with Crippen LogP contribution < -0.4 is 0 Å². The lowest BCUT2D eigenvalue weighted by Crippen LogP contribution is -2.36. The van der Waals surface area contributed by atoms with E-state index in [4.69, 9.17) is 9.47 Å². The molecule has 0 N–H and O–H groups in total. The van der Waals surface area contributed by atoms with Gasteiger partial charge < -0.3 is 9.47 Å². The number of ether oxygens (including phenoxy) is 2. The fraction of sp³-hybridized carbons (Fsp3) is 0.889. The van der Waals surface area contributed by atoms with Gasteiger partial charge in [0.25, 0.3) is 0 Å². The van der Waals surface area contributed by atoms with E-state index < -0.39 is 11.6 Å². The van der Waals surface area contributed by atoms with Crippen LogP contribution in [0.15, 0.2) is 0 Å². The van der Waals surface area contributed by atoms with Crippen molar-refractivity contribution in [3.8, 4) is 0 Å². The second kappa shape index (κ2) is 6.21. The van der Waals surface area contributed by atoms with Crippen LogP contribution >= 0.6 is 0 Å². The standard InChI is InChI=1S/C18H30O4/c1-10(2)18(5,6)22-16(19)9-21-17(20)15-8-13-7-14(15)12(4)11(13)3/h10-15H,7-9H2,1-6H3. The number of carbonyl (C=O) groups is 2. The van der Waals surface area contributed by atoms with Crippen molar-refractivity contribution in [3.05, 3.63) is 0 Å². The Bertz CT molecular complexity index is 438. The van der Waals surface area contributed by atoms with Crippen molar-refractivity contribution >= 4 is 11.9 Å². The molecule has 5 unspecified atom stereocenters. The molecule has 0 heterocycles. The van der Waals surface area contributed by atoms with Crippen LogP contribution in [0.4, 0.5) is 0 Å². The SMILES string of the molecule is CC1C2CC(C(=O)OCC(=O)OC(C)(C)C(C)C)C(C2)C1C. The highest BCUT2D eigenvalue weighted by Gasteiger charge is 2.51. The predicted octanol–water partition coefficient (Wildman–Crippen LogP) is 3.44. The van der Waals surface area contributed by atoms with Crippen LogP contribution in [0.1, 0.15) is 54.4 Å². The van der Waals surface area contributed by atoms with Gasteiger partial charge in [0.1, 0.15) is 5.60 Å². The first kappa shape index (κ1) is 17.3. The zero-order valence-corrected chi connectivity index (χ0v) is 14.7. The van der Waals surface area contributed by atoms with E-state index in [0.29, 0.717) is 23.7 Å². The molecular formula is C18H30O4. The molecule has 4 heteroatoms. The number of hydrogen-bond donors (Lipinski definition) is 0. The Hall–Kier alpha value is -1.06. The van der Waals surface area contributed by atoms with Gasteiger partial charge in [-0.2, -0.15) is 0 Å². The Morgan fingerprint density at radius 3 is 2.27 bits per heavy atom. The van der Waals surface area contributed by atoms with Crippen LogP contribution in [0, 0.1) is 35.5 Å². The lowest BCUT2D eigenvalue weighted by Gasteiger charge is -2.31. The lowest BCUT2D eigenvalue weighted by molar-refractivity contribution is -0.173. The van der Waals surface area contributed by atoms with Crippen molar-refractivity contribution in [1.29, 1.82) is 0 Å². The third kappa shape index (κ3) is 3.31. The maximum Gasteiger partial charge on any atom is 0.344 e. The van der Waals surface area contributed by atoms with E-state index in [1.807, 2.05) is 27.7 Å². The molecule has 2 aliphatic rings. The Morgan fingerprint density at radius 1 is 1.14 bits per heavy atom. The third-order valence-electron chi connectivity index (χ3n) is 6.30. The number of rotatable bonds is 5. The average Bonchev–Trinajstić information content (AvgIpc) is 2.96. The predicted molar refractivity (Wildman–Crippen MR) is 84.0 cm³/mol. The maximum atomic E-state index is 12.3. The molecule has 126 valence electrons. The van der Waals surface area contributed by atoms with Gasteiger partial charge in [-0.25, -0.2) is 4.79 Å². The molecule has 0 amide bonds. The van der Waals surface area contributed by atoms with Crippen LogP contribution in [-0.2, 0) is 19.1 Å². The van der Waals surface area contributed by atoms with E-state index >= 15 is 0 Å². The van der Waals surface area contributed by atoms with E-state index in [1.54, 1.807) is 0 Å². The summed E-state index contributed by atoms with van der Waals surface area (Å²) in [6.07, 6.45) is 2.05. The van der Waals surface area contributed by atoms with Gasteiger partial charge in [0.2, 0.25) is 0 Å². The molecule has 0 aliphatic heterocycles. The van der Waals surface area contributed by atoms with Crippen molar-refractivity contribution in [2.75, 3.05) is 6.61 Å². The summed E-state index contributed by atoms with van der Waals surface area (Å²) in [6, 6.07) is 0. The minimum absolute atomic E-state index is 0.0258. The highest BCUT2D eigenvalue weighted by Crippen LogP contribution is 2.55. The normalized spacial score (nSPS) is 34.0. The molecule has 5 atom stereocenters. The van der Waals surface area contributed by atoms with Gasteiger partial charge in [0.15, 0.2) is 6.61 Å². The van der Waals surface area contributed by atoms with Gasteiger partial charge in [-0.3, -0.25) is 4.79 Å². The summed E-state index contributed by atoms with van der Waals surface area (Å²) in [5, 5.41) is 0. The molecule has 0 saturated heterocycles. The summed E-state index contributed by atoms with van der Waals surface area (Å²) in [6.45, 7) is 12.0. The Morgan fingerprint density at radius 2 is 1.77 bits per heavy atom. The molecule has 4 nitrogen and oxygen atoms in total. The van der Waals surface area contributed by atoms with Crippen LogP contribution in [0.2, 0.25) is 0 Å². The number of esters is 2. The summed E-state index contributed by atoms with van der Waals surface area (Å²) in [7, 11) is 0. The number of carbonyl (C=O) groups excluding carboxylic acids is 2. The van der Waals surface area contributed by atoms with Crippen LogP contribution in [0.5, 0.6) is 0 Å². The second-order valence-electron chi connectivity index (χ2n) is 8.06. The van der Waals surface area contributed by atoms with Crippen LogP contribution in [-0.4, -0.2) is 24.1 Å². The van der Waals surface area contributed by atoms with Crippen molar-refractivity contribution in [3.63, 3.8) is 0 Å². The second-order valence-corrected chi connectivity index (χ2v) is 8.06. The molecule has 2 saturated carbocycles. The van der Waals surface area contributed by atoms with E-state index in [9.17, 15) is 9.59 Å². The number of fused-ring (bicyclic) bond motifs is 2. The Kier molecular flexibility index (Phi) is 4.88. The van der Waals surface area contributed by atoms with Gasteiger partial charge in [-0.15, -0.1) is 0 Å². The van der Waals surface area contributed by atoms with Gasteiger partial charge in [0.05, 0.1) is 5.92 Å². The summed E-state index contributed by atoms with van der Waals surface area (Å²) in [4.78, 5) is 24.1. The Labute approximate surface area is 133 Å². The van der Waals surface area contributed by atoms with Gasteiger partial charge >= 0.3 is 11.9 Å². The molecule has 0 aromatic carbocycles. The zero-order chi connectivity index (χ0) is 16.7. The van der Waals surface area contributed by atoms with Gasteiger partial charge in [-0.05, 0) is 56.3 Å². The van der Waals surface area contributed by atoms with E-state index in [-0.39, 0.29) is 24.4 Å². The monoisotopic (exact) mass is 310 g/mol. The third-order valence-corrected chi connectivity index (χ3v) is 6.30. The molecule has 2 bridgehead atoms. The fourth-order valence-corrected chi connectivity index (χ4v) is 3.89. The largest absolute Gasteiger partial charge is 0.457 e. The fourth-order valence-electron chi connectivity index (χ4n) is 3.89. The molecule has 0 radical (unpaired) electrons. The molecular weight excluding hydrogens is 280 g/mol. The zero-order valence-electron chi connectivity index (χ0n) is 14.7. The molecule has 2 rings (SSSR count). The highest BCUT2D eigenvalue weighted by atomic mass is 16.6. The smallest absolute Gasteiger partial charge is 0.344 e. The van der Waals surface area contributed by atoms with Crippen molar-refractivity contribution < 1.29 is 19.1 Å². The molecule has 0 spiro atoms. The molecule has 2 fully saturated rings. The van der Waals surface area contributed by atoms with E-state index in [2.05, 4.69) is 13.8 Å². The minimum Gasteiger partial charge on any atom is -0.457 e. The van der Waals surface area contributed by atoms with Crippen molar-refractivity contribution in [1.82, 2.24) is 0 Å². The summed E-state index contributed by atoms with van der Waals surface area (Å²) >= 11 is 0. The summed E-state index contributed by atoms with van der Waals surface area (Å²) in [5.74, 6) is 1.85. The molecule has 0 aromatic heterocycles. The first-order chi connectivity index (χ1) is 10.1. The van der Waals surface area contributed by atoms with E-state index in [0.717, 1.165) is 12.8 Å². The first-order valence-corrected chi connectivity index (χ1v) is 8.52. The van der Waals surface area contributed by atoms with E-state index in [1.165, 1.54) is 0 Å². The first-order valence-electron chi connectivity index (χ1n) is 8.52. The van der Waals surface area contributed by atoms with Crippen molar-refractivity contribution in [2.45, 2.75) is 60.0 Å².